The number of phenols is 1. The van der Waals surface area contributed by atoms with Gasteiger partial charge in [0.2, 0.25) is 0 Å². The number of fused-ring (bicyclic) bond motifs is 1. The predicted molar refractivity (Wildman–Crippen MR) is 151 cm³/mol. The molecule has 0 amide bonds. The molecule has 1 aromatic heterocycles. The quantitative estimate of drug-likeness (QED) is 0.132. The van der Waals surface area contributed by atoms with Gasteiger partial charge in [0.15, 0.2) is 0 Å². The minimum Gasteiger partial charge on any atom is -0.616 e. The summed E-state index contributed by atoms with van der Waals surface area (Å²) < 4.78 is 74.6. The summed E-state index contributed by atoms with van der Waals surface area (Å²) in [5, 5.41) is 10.0. The lowest BCUT2D eigenvalue weighted by Gasteiger charge is -2.20. The minimum absolute atomic E-state index is 0.144. The SMILES string of the molecule is CN(CCCCCC1=C(c2cccnc2)CCCc2cc(O)ccc21)CCC[S+]([O-])CCCC(F)(F)C(F)(F)F. The van der Waals surface area contributed by atoms with Gasteiger partial charge >= 0.3 is 12.1 Å². The Morgan fingerprint density at radius 1 is 0.975 bits per heavy atom. The number of rotatable bonds is 15. The smallest absolute Gasteiger partial charge is 0.453 e. The van der Waals surface area contributed by atoms with E-state index in [4.69, 9.17) is 0 Å². The lowest BCUT2D eigenvalue weighted by Crippen LogP contribution is -2.36. The molecule has 0 bridgehead atoms. The number of aromatic hydroxyl groups is 1. The third kappa shape index (κ3) is 9.73. The Bertz CT molecular complexity index is 1100. The van der Waals surface area contributed by atoms with Crippen molar-refractivity contribution in [1.82, 2.24) is 9.88 Å². The van der Waals surface area contributed by atoms with Gasteiger partial charge in [0.05, 0.1) is 0 Å². The number of benzene rings is 1. The van der Waals surface area contributed by atoms with Gasteiger partial charge in [0.25, 0.3) is 0 Å². The van der Waals surface area contributed by atoms with E-state index in [-0.39, 0.29) is 11.5 Å². The zero-order valence-corrected chi connectivity index (χ0v) is 23.8. The van der Waals surface area contributed by atoms with Crippen LogP contribution in [0.2, 0.25) is 0 Å². The van der Waals surface area contributed by atoms with Gasteiger partial charge in [-0.25, -0.2) is 0 Å². The Morgan fingerprint density at radius 2 is 1.73 bits per heavy atom. The van der Waals surface area contributed by atoms with E-state index in [0.29, 0.717) is 18.7 Å². The predicted octanol–water partition coefficient (Wildman–Crippen LogP) is 7.64. The molecule has 3 rings (SSSR count). The number of hydrogen-bond acceptors (Lipinski definition) is 4. The Hall–Kier alpha value is -2.17. The molecule has 1 heterocycles. The molecule has 222 valence electrons. The van der Waals surface area contributed by atoms with E-state index in [2.05, 4.69) is 16.0 Å². The fourth-order valence-electron chi connectivity index (χ4n) is 5.16. The normalized spacial score (nSPS) is 15.3. The summed E-state index contributed by atoms with van der Waals surface area (Å²) in [5.74, 6) is -4.29. The highest BCUT2D eigenvalue weighted by molar-refractivity contribution is 7.91. The monoisotopic (exact) mass is 586 g/mol. The standard InChI is InChI=1S/C30H39F5N2O2S/c1-37(18-8-20-40(39)19-7-15-29(31,32)30(33,34)35)17-4-2-3-11-28-26(24-10-6-16-36-22-24)12-5-9-23-21-25(38)13-14-27(23)28/h6,10,13-14,16,21-22,38H,2-5,7-9,11-12,15,17-20H2,1H3. The summed E-state index contributed by atoms with van der Waals surface area (Å²) in [6, 6.07) is 9.72. The molecule has 2 aromatic rings. The maximum atomic E-state index is 13.0. The van der Waals surface area contributed by atoms with Crippen molar-refractivity contribution in [2.24, 2.45) is 0 Å². The molecular formula is C30H39F5N2O2S. The van der Waals surface area contributed by atoms with Crippen LogP contribution in [-0.2, 0) is 17.6 Å². The van der Waals surface area contributed by atoms with Crippen LogP contribution < -0.4 is 0 Å². The van der Waals surface area contributed by atoms with Gasteiger partial charge < -0.3 is 14.6 Å². The van der Waals surface area contributed by atoms with Gasteiger partial charge in [0.1, 0.15) is 17.3 Å². The Balaban J connectivity index is 1.41. The molecule has 0 radical (unpaired) electrons. The lowest BCUT2D eigenvalue weighted by molar-refractivity contribution is -0.284. The zero-order chi connectivity index (χ0) is 29.2. The maximum absolute atomic E-state index is 13.0. The fourth-order valence-corrected chi connectivity index (χ4v) is 6.28. The van der Waals surface area contributed by atoms with Gasteiger partial charge in [-0.15, -0.1) is 0 Å². The molecule has 1 aromatic carbocycles. The number of unbranched alkanes of at least 4 members (excludes halogenated alkanes) is 2. The molecule has 40 heavy (non-hydrogen) atoms. The average molecular weight is 587 g/mol. The first-order valence-electron chi connectivity index (χ1n) is 13.9. The summed E-state index contributed by atoms with van der Waals surface area (Å²) in [7, 11) is 1.98. The number of allylic oxidation sites excluding steroid dienone is 2. The largest absolute Gasteiger partial charge is 0.616 e. The van der Waals surface area contributed by atoms with Crippen LogP contribution in [0.25, 0.3) is 11.1 Å². The summed E-state index contributed by atoms with van der Waals surface area (Å²) in [5.41, 5.74) is 6.18. The van der Waals surface area contributed by atoms with Crippen molar-refractivity contribution in [3.05, 3.63) is 59.4 Å². The van der Waals surface area contributed by atoms with Gasteiger partial charge in [-0.1, -0.05) is 29.7 Å². The molecule has 1 aliphatic rings. The topological polar surface area (TPSA) is 59.4 Å². The zero-order valence-electron chi connectivity index (χ0n) is 23.0. The van der Waals surface area contributed by atoms with Gasteiger partial charge in [-0.3, -0.25) is 4.98 Å². The van der Waals surface area contributed by atoms with Crippen molar-refractivity contribution in [1.29, 1.82) is 0 Å². The van der Waals surface area contributed by atoms with E-state index in [9.17, 15) is 31.6 Å². The minimum atomic E-state index is -5.56. The first-order valence-corrected chi connectivity index (χ1v) is 15.4. The van der Waals surface area contributed by atoms with Gasteiger partial charge in [0, 0.05) is 31.8 Å². The van der Waals surface area contributed by atoms with Crippen LogP contribution in [0.4, 0.5) is 22.0 Å². The van der Waals surface area contributed by atoms with Crippen molar-refractivity contribution in [3.63, 3.8) is 0 Å². The van der Waals surface area contributed by atoms with E-state index in [0.717, 1.165) is 57.1 Å². The number of nitrogens with zero attached hydrogens (tertiary/aromatic N) is 2. The van der Waals surface area contributed by atoms with E-state index < -0.39 is 36.1 Å². The van der Waals surface area contributed by atoms with E-state index in [1.165, 1.54) is 22.3 Å². The molecule has 0 spiro atoms. The molecule has 1 aliphatic carbocycles. The van der Waals surface area contributed by atoms with Crippen LogP contribution in [0.3, 0.4) is 0 Å². The molecule has 0 saturated carbocycles. The van der Waals surface area contributed by atoms with Crippen molar-refractivity contribution in [2.45, 2.75) is 76.3 Å². The summed E-state index contributed by atoms with van der Waals surface area (Å²) in [6.45, 7) is 1.56. The maximum Gasteiger partial charge on any atom is 0.453 e. The number of hydrogen-bond donors (Lipinski definition) is 1. The molecule has 0 aliphatic heterocycles. The summed E-state index contributed by atoms with van der Waals surface area (Å²) in [6.07, 6.45) is 3.86. The highest BCUT2D eigenvalue weighted by atomic mass is 32.2. The van der Waals surface area contributed by atoms with Gasteiger partial charge in [-0.2, -0.15) is 22.0 Å². The van der Waals surface area contributed by atoms with E-state index in [1.54, 1.807) is 12.3 Å². The first kappa shape index (κ1) is 32.3. The Labute approximate surface area is 236 Å². The molecule has 1 atom stereocenters. The molecule has 0 fully saturated rings. The number of aromatic nitrogens is 1. The second-order valence-electron chi connectivity index (χ2n) is 10.5. The molecule has 0 saturated heterocycles. The lowest BCUT2D eigenvalue weighted by atomic mass is 9.89. The van der Waals surface area contributed by atoms with Crippen LogP contribution in [-0.4, -0.2) is 63.3 Å². The molecule has 4 nitrogen and oxygen atoms in total. The molecule has 1 unspecified atom stereocenters. The number of aryl methyl sites for hydroxylation is 1. The van der Waals surface area contributed by atoms with Crippen LogP contribution in [0, 0.1) is 0 Å². The molecule has 1 N–H and O–H groups in total. The van der Waals surface area contributed by atoms with Crippen LogP contribution >= 0.6 is 0 Å². The van der Waals surface area contributed by atoms with E-state index >= 15 is 0 Å². The number of alkyl halides is 5. The summed E-state index contributed by atoms with van der Waals surface area (Å²) in [4.78, 5) is 6.46. The van der Waals surface area contributed by atoms with Crippen LogP contribution in [0.15, 0.2) is 42.7 Å². The molecule has 10 heteroatoms. The highest BCUT2D eigenvalue weighted by Crippen LogP contribution is 2.40. The number of pyridine rings is 1. The second kappa shape index (κ2) is 15.2. The average Bonchev–Trinajstić information content (AvgIpc) is 3.07. The Morgan fingerprint density at radius 3 is 2.45 bits per heavy atom. The van der Waals surface area contributed by atoms with Crippen molar-refractivity contribution in [2.75, 3.05) is 31.6 Å². The van der Waals surface area contributed by atoms with Crippen molar-refractivity contribution >= 4 is 22.3 Å². The number of halogens is 5. The Kier molecular flexibility index (Phi) is 12.3. The van der Waals surface area contributed by atoms with Crippen LogP contribution in [0.5, 0.6) is 5.75 Å². The van der Waals surface area contributed by atoms with E-state index in [1.807, 2.05) is 31.4 Å². The second-order valence-corrected chi connectivity index (χ2v) is 12.2. The molecular weight excluding hydrogens is 547 g/mol. The van der Waals surface area contributed by atoms with Crippen molar-refractivity contribution in [3.8, 4) is 5.75 Å². The number of phenolic OH excluding ortho intramolecular Hbond substituents is 1. The first-order chi connectivity index (χ1) is 19.0. The third-order valence-corrected chi connectivity index (χ3v) is 8.81. The third-order valence-electron chi connectivity index (χ3n) is 7.32. The summed E-state index contributed by atoms with van der Waals surface area (Å²) >= 11 is -1.40. The highest BCUT2D eigenvalue weighted by Gasteiger charge is 2.56. The van der Waals surface area contributed by atoms with Gasteiger partial charge in [-0.05, 0) is 105 Å². The fraction of sp³-hybridized carbons (Fsp3) is 0.567. The van der Waals surface area contributed by atoms with Crippen molar-refractivity contribution < 1.29 is 31.6 Å². The van der Waals surface area contributed by atoms with Crippen LogP contribution in [0.1, 0.15) is 74.5 Å².